The molecule has 0 spiro atoms. The Balaban J connectivity index is 2.93. The Morgan fingerprint density at radius 1 is 1.35 bits per heavy atom. The van der Waals surface area contributed by atoms with Gasteiger partial charge in [-0.3, -0.25) is 0 Å². The second kappa shape index (κ2) is 5.67. The molecule has 0 heterocycles. The van der Waals surface area contributed by atoms with E-state index >= 15 is 0 Å². The van der Waals surface area contributed by atoms with Crippen LogP contribution in [0.25, 0.3) is 0 Å². The fourth-order valence-corrected chi connectivity index (χ4v) is 3.58. The summed E-state index contributed by atoms with van der Waals surface area (Å²) in [4.78, 5) is 12.0. The first-order valence-corrected chi connectivity index (χ1v) is 10.3. The molecule has 0 fully saturated rings. The summed E-state index contributed by atoms with van der Waals surface area (Å²) in [6.07, 6.45) is -0.292. The third-order valence-corrected chi connectivity index (χ3v) is 4.91. The first kappa shape index (κ1) is 14.2. The maximum absolute atomic E-state index is 12.0. The summed E-state index contributed by atoms with van der Waals surface area (Å²) in [6.45, 7) is 5.58. The molecule has 0 aliphatic heterocycles. The summed E-state index contributed by atoms with van der Waals surface area (Å²) in [6, 6.07) is 7.38. The number of carbonyl (C=O) groups is 1. The van der Waals surface area contributed by atoms with Crippen LogP contribution in [0.1, 0.15) is 20.8 Å². The first-order chi connectivity index (χ1) is 7.85. The van der Waals surface area contributed by atoms with E-state index in [1.54, 1.807) is 8.95 Å². The minimum atomic E-state index is -1.19. The molecule has 0 aliphatic carbocycles. The van der Waals surface area contributed by atoms with E-state index in [-0.39, 0.29) is 6.09 Å². The molecule has 1 aromatic carbocycles. The van der Waals surface area contributed by atoms with Gasteiger partial charge in [0.1, 0.15) is 0 Å². The number of amides is 1. The molecule has 0 aromatic heterocycles. The van der Waals surface area contributed by atoms with Gasteiger partial charge in [0.15, 0.2) is 0 Å². The van der Waals surface area contributed by atoms with Crippen molar-refractivity contribution in [1.82, 2.24) is 0 Å². The topological polar surface area (TPSA) is 55.6 Å². The van der Waals surface area contributed by atoms with Crippen molar-refractivity contribution in [3.8, 4) is 0 Å². The molecule has 0 saturated carbocycles. The van der Waals surface area contributed by atoms with Gasteiger partial charge in [-0.15, -0.1) is 0 Å². The summed E-state index contributed by atoms with van der Waals surface area (Å²) in [5.41, 5.74) is 6.79. The van der Waals surface area contributed by atoms with E-state index in [4.69, 9.17) is 10.5 Å². The molecule has 4 nitrogen and oxygen atoms in total. The molecule has 0 unspecified atom stereocenters. The van der Waals surface area contributed by atoms with Gasteiger partial charge in [-0.05, 0) is 0 Å². The number of nitrogens with two attached hydrogens (primary N) is 1. The van der Waals surface area contributed by atoms with Gasteiger partial charge in [0.25, 0.3) is 0 Å². The van der Waals surface area contributed by atoms with Crippen LogP contribution in [0, 0.1) is 0 Å². The fourth-order valence-electron chi connectivity index (χ4n) is 1.36. The van der Waals surface area contributed by atoms with Gasteiger partial charge in [0.05, 0.1) is 0 Å². The molecule has 0 bridgehead atoms. The van der Waals surface area contributed by atoms with Crippen molar-refractivity contribution in [2.75, 3.05) is 8.62 Å². The van der Waals surface area contributed by atoms with E-state index < -0.39 is 28.8 Å². The molecule has 1 radical (unpaired) electrons. The van der Waals surface area contributed by atoms with Gasteiger partial charge in [0, 0.05) is 0 Å². The van der Waals surface area contributed by atoms with E-state index in [9.17, 15) is 4.79 Å². The number of para-hydroxylation sites is 2. The van der Waals surface area contributed by atoms with Crippen LogP contribution in [0.5, 0.6) is 0 Å². The van der Waals surface area contributed by atoms with E-state index in [1.165, 1.54) is 0 Å². The monoisotopic (exact) mass is 337 g/mol. The minimum absolute atomic E-state index is 0.292. The third kappa shape index (κ3) is 4.15. The van der Waals surface area contributed by atoms with Crippen LogP contribution in [-0.2, 0) is 4.74 Å². The summed E-state index contributed by atoms with van der Waals surface area (Å²) >= 11 is -1.19. The molecule has 0 saturated heterocycles. The van der Waals surface area contributed by atoms with Crippen molar-refractivity contribution < 1.29 is 9.53 Å². The zero-order valence-electron chi connectivity index (χ0n) is 10.7. The summed E-state index contributed by atoms with van der Waals surface area (Å²) in [5, 5.41) is 0. The van der Waals surface area contributed by atoms with Crippen LogP contribution in [0.2, 0.25) is 4.68 Å². The van der Waals surface area contributed by atoms with Crippen molar-refractivity contribution in [2.45, 2.75) is 31.1 Å². The Morgan fingerprint density at radius 2 is 1.94 bits per heavy atom. The fraction of sp³-hybridized carbons (Fsp3) is 0.417. The Labute approximate surface area is 114 Å². The molecule has 0 atom stereocenters. The molecule has 1 amide bonds. The Morgan fingerprint density at radius 3 is 2.41 bits per heavy atom. The molecule has 91 valence electrons. The Kier molecular flexibility index (Phi) is 4.74. The number of rotatable bonds is 2. The summed E-state index contributed by atoms with van der Waals surface area (Å²) < 4.78 is 9.17. The number of ether oxygens (including phenoxy) is 1. The quantitative estimate of drug-likeness (QED) is 0.845. The van der Waals surface area contributed by atoms with Crippen LogP contribution in [0.15, 0.2) is 24.3 Å². The van der Waals surface area contributed by atoms with E-state index in [0.29, 0.717) is 5.69 Å². The molecule has 5 heteroatoms. The van der Waals surface area contributed by atoms with Gasteiger partial charge in [-0.1, -0.05) is 0 Å². The van der Waals surface area contributed by atoms with E-state index in [0.717, 1.165) is 5.69 Å². The van der Waals surface area contributed by atoms with Crippen LogP contribution in [0.4, 0.5) is 16.2 Å². The number of benzene rings is 1. The zero-order chi connectivity index (χ0) is 13.1. The number of nitrogen functional groups attached to an aromatic ring is 1. The number of hydrogen-bond donors (Lipinski definition) is 1. The standard InChI is InChI=1S/C11H16N2O2.CH3.In/c1-11(2,3)15-10(14)13-9-7-5-4-6-8(9)12;;/h4-7H,12H2,1-3H3,(H,13,14);1H3;/q;;+1/p-1. The molecular weight excluding hydrogens is 319 g/mol. The maximum atomic E-state index is 12.0. The van der Waals surface area contributed by atoms with Gasteiger partial charge in [-0.2, -0.15) is 0 Å². The van der Waals surface area contributed by atoms with Gasteiger partial charge >= 0.3 is 114 Å². The van der Waals surface area contributed by atoms with Crippen molar-refractivity contribution in [3.63, 3.8) is 0 Å². The average molecular weight is 337 g/mol. The first-order valence-electron chi connectivity index (χ1n) is 5.51. The normalized spacial score (nSPS) is 10.8. The van der Waals surface area contributed by atoms with Gasteiger partial charge in [0.2, 0.25) is 0 Å². The molecule has 17 heavy (non-hydrogen) atoms. The van der Waals surface area contributed by atoms with E-state index in [1.807, 2.05) is 39.0 Å². The number of anilines is 2. The predicted molar refractivity (Wildman–Crippen MR) is 71.2 cm³/mol. The van der Waals surface area contributed by atoms with Crippen molar-refractivity contribution in [3.05, 3.63) is 24.3 Å². The number of nitrogens with zero attached hydrogens (tertiary/aromatic N) is 1. The SMILES string of the molecule is [CH3][In][N](C(=O)OC(C)(C)C)c1ccccc1N. The number of carbonyl (C=O) groups excluding carboxylic acids is 1. The van der Waals surface area contributed by atoms with Crippen LogP contribution < -0.4 is 8.62 Å². The number of hydrogen-bond acceptors (Lipinski definition) is 3. The van der Waals surface area contributed by atoms with Crippen LogP contribution >= 0.6 is 0 Å². The average Bonchev–Trinajstić information content (AvgIpc) is 2.19. The van der Waals surface area contributed by atoms with Gasteiger partial charge < -0.3 is 0 Å². The zero-order valence-corrected chi connectivity index (χ0v) is 14.0. The second-order valence-corrected chi connectivity index (χ2v) is 7.62. The van der Waals surface area contributed by atoms with E-state index in [2.05, 4.69) is 4.68 Å². The van der Waals surface area contributed by atoms with Gasteiger partial charge in [-0.25, -0.2) is 0 Å². The summed E-state index contributed by atoms with van der Waals surface area (Å²) in [5.74, 6) is 0. The summed E-state index contributed by atoms with van der Waals surface area (Å²) in [7, 11) is 0. The molecular formula is C12H18InN2O2. The molecule has 1 rings (SSSR count). The molecule has 2 N–H and O–H groups in total. The Bertz CT molecular complexity index is 402. The van der Waals surface area contributed by atoms with Crippen LogP contribution in [0.3, 0.4) is 0 Å². The van der Waals surface area contributed by atoms with Crippen molar-refractivity contribution in [2.24, 2.45) is 0 Å². The van der Waals surface area contributed by atoms with Crippen molar-refractivity contribution in [1.29, 1.82) is 0 Å². The van der Waals surface area contributed by atoms with Crippen LogP contribution in [-0.4, -0.2) is 34.9 Å². The second-order valence-electron chi connectivity index (χ2n) is 4.67. The molecule has 1 aromatic rings. The Hall–Kier alpha value is -0.840. The predicted octanol–water partition coefficient (Wildman–Crippen LogP) is 2.68. The van der Waals surface area contributed by atoms with Crippen molar-refractivity contribution >= 4 is 40.7 Å². The molecule has 0 aliphatic rings. The third-order valence-electron chi connectivity index (χ3n) is 2.04.